The molecule has 1 aliphatic heterocycles. The van der Waals surface area contributed by atoms with E-state index in [0.29, 0.717) is 6.42 Å². The van der Waals surface area contributed by atoms with Crippen molar-refractivity contribution in [2.24, 2.45) is 0 Å². The molecule has 0 fully saturated rings. The molecule has 4 heteroatoms. The Labute approximate surface area is 127 Å². The van der Waals surface area contributed by atoms with Crippen molar-refractivity contribution in [1.29, 1.82) is 0 Å². The highest BCUT2D eigenvalue weighted by Gasteiger charge is 2.29. The zero-order chi connectivity index (χ0) is 15.4. The van der Waals surface area contributed by atoms with E-state index in [-0.39, 0.29) is 17.6 Å². The molecule has 1 N–H and O–H groups in total. The molecule has 116 valence electrons. The third-order valence-corrected chi connectivity index (χ3v) is 4.12. The highest BCUT2D eigenvalue weighted by molar-refractivity contribution is 5.78. The predicted octanol–water partition coefficient (Wildman–Crippen LogP) is 2.96. The van der Waals surface area contributed by atoms with Gasteiger partial charge in [-0.05, 0) is 36.6 Å². The molecular formula is C17H26N2O2. The molecule has 1 heterocycles. The monoisotopic (exact) mass is 290 g/mol. The van der Waals surface area contributed by atoms with Crippen molar-refractivity contribution in [2.75, 3.05) is 31.6 Å². The standard InChI is InChI=1S/C17H26N2O2/c1-4-8-19(9-5-2)17(21)10-13-12-18(3)16-7-6-14(20)11-15(13)16/h6-7,11,13,20H,4-5,8-10,12H2,1-3H3. The number of amides is 1. The van der Waals surface area contributed by atoms with E-state index in [4.69, 9.17) is 0 Å². The van der Waals surface area contributed by atoms with Crippen molar-refractivity contribution in [3.8, 4) is 5.75 Å². The number of rotatable bonds is 6. The van der Waals surface area contributed by atoms with Gasteiger partial charge in [-0.15, -0.1) is 0 Å². The van der Waals surface area contributed by atoms with Crippen LogP contribution in [0.4, 0.5) is 5.69 Å². The minimum absolute atomic E-state index is 0.181. The Hall–Kier alpha value is -1.71. The minimum atomic E-state index is 0.181. The molecule has 0 aromatic heterocycles. The van der Waals surface area contributed by atoms with E-state index in [1.807, 2.05) is 18.0 Å². The topological polar surface area (TPSA) is 43.8 Å². The molecule has 0 bridgehead atoms. The number of fused-ring (bicyclic) bond motifs is 1. The summed E-state index contributed by atoms with van der Waals surface area (Å²) < 4.78 is 0. The number of anilines is 1. The SMILES string of the molecule is CCCN(CCC)C(=O)CC1CN(C)c2ccc(O)cc21. The number of benzene rings is 1. The van der Waals surface area contributed by atoms with Gasteiger partial charge in [-0.3, -0.25) is 4.79 Å². The number of carbonyl (C=O) groups excluding carboxylic acids is 1. The molecule has 0 spiro atoms. The zero-order valence-corrected chi connectivity index (χ0v) is 13.3. The number of nitrogens with zero attached hydrogens (tertiary/aromatic N) is 2. The van der Waals surface area contributed by atoms with Gasteiger partial charge in [0.15, 0.2) is 0 Å². The summed E-state index contributed by atoms with van der Waals surface area (Å²) in [5.74, 6) is 0.689. The van der Waals surface area contributed by atoms with Gasteiger partial charge in [0.05, 0.1) is 0 Å². The molecule has 4 nitrogen and oxygen atoms in total. The number of aromatic hydroxyl groups is 1. The first-order chi connectivity index (χ1) is 10.1. The fraction of sp³-hybridized carbons (Fsp3) is 0.588. The smallest absolute Gasteiger partial charge is 0.223 e. The van der Waals surface area contributed by atoms with Gasteiger partial charge in [-0.2, -0.15) is 0 Å². The number of phenolic OH excluding ortho intramolecular Hbond substituents is 1. The zero-order valence-electron chi connectivity index (χ0n) is 13.3. The number of hydrogen-bond acceptors (Lipinski definition) is 3. The third-order valence-electron chi connectivity index (χ3n) is 4.12. The second kappa shape index (κ2) is 6.83. The highest BCUT2D eigenvalue weighted by atomic mass is 16.3. The van der Waals surface area contributed by atoms with Gasteiger partial charge >= 0.3 is 0 Å². The fourth-order valence-corrected chi connectivity index (χ4v) is 3.16. The van der Waals surface area contributed by atoms with Crippen LogP contribution in [0.15, 0.2) is 18.2 Å². The van der Waals surface area contributed by atoms with E-state index in [1.54, 1.807) is 12.1 Å². The van der Waals surface area contributed by atoms with Crippen LogP contribution in [-0.4, -0.2) is 42.6 Å². The molecule has 1 amide bonds. The molecule has 1 aromatic rings. The summed E-state index contributed by atoms with van der Waals surface area (Å²) in [5, 5.41) is 9.70. The van der Waals surface area contributed by atoms with E-state index in [0.717, 1.165) is 43.7 Å². The van der Waals surface area contributed by atoms with Crippen molar-refractivity contribution in [3.05, 3.63) is 23.8 Å². The quantitative estimate of drug-likeness (QED) is 0.876. The van der Waals surface area contributed by atoms with E-state index in [1.165, 1.54) is 0 Å². The maximum atomic E-state index is 12.5. The third kappa shape index (κ3) is 3.49. The van der Waals surface area contributed by atoms with Crippen molar-refractivity contribution in [2.45, 2.75) is 39.0 Å². The second-order valence-corrected chi connectivity index (χ2v) is 5.91. The van der Waals surface area contributed by atoms with Crippen LogP contribution in [0.3, 0.4) is 0 Å². The fourth-order valence-electron chi connectivity index (χ4n) is 3.16. The molecule has 0 radical (unpaired) electrons. The van der Waals surface area contributed by atoms with Crippen LogP contribution in [0.25, 0.3) is 0 Å². The Balaban J connectivity index is 2.10. The minimum Gasteiger partial charge on any atom is -0.508 e. The van der Waals surface area contributed by atoms with Crippen LogP contribution < -0.4 is 4.90 Å². The van der Waals surface area contributed by atoms with Crippen LogP contribution in [-0.2, 0) is 4.79 Å². The number of phenols is 1. The Morgan fingerprint density at radius 1 is 1.33 bits per heavy atom. The normalized spacial score (nSPS) is 16.9. The van der Waals surface area contributed by atoms with Gasteiger partial charge in [0.25, 0.3) is 0 Å². The van der Waals surface area contributed by atoms with Gasteiger partial charge in [0.1, 0.15) is 5.75 Å². The Morgan fingerprint density at radius 3 is 2.62 bits per heavy atom. The first-order valence-corrected chi connectivity index (χ1v) is 7.88. The van der Waals surface area contributed by atoms with E-state index in [9.17, 15) is 9.90 Å². The van der Waals surface area contributed by atoms with Crippen molar-refractivity contribution in [3.63, 3.8) is 0 Å². The molecule has 1 aromatic carbocycles. The summed E-state index contributed by atoms with van der Waals surface area (Å²) in [6.07, 6.45) is 2.52. The van der Waals surface area contributed by atoms with Crippen LogP contribution >= 0.6 is 0 Å². The first kappa shape index (κ1) is 15.7. The lowest BCUT2D eigenvalue weighted by molar-refractivity contribution is -0.131. The summed E-state index contributed by atoms with van der Waals surface area (Å²) in [5.41, 5.74) is 2.22. The number of carbonyl (C=O) groups is 1. The number of hydrogen-bond donors (Lipinski definition) is 1. The molecule has 21 heavy (non-hydrogen) atoms. The summed E-state index contributed by atoms with van der Waals surface area (Å²) in [6.45, 7) is 6.72. The molecule has 1 atom stereocenters. The average Bonchev–Trinajstić information content (AvgIpc) is 2.74. The Morgan fingerprint density at radius 2 is 2.00 bits per heavy atom. The van der Waals surface area contributed by atoms with Crippen molar-refractivity contribution in [1.82, 2.24) is 4.90 Å². The number of likely N-dealkylation sites (N-methyl/N-ethyl adjacent to an activating group) is 1. The van der Waals surface area contributed by atoms with Gasteiger partial charge in [-0.25, -0.2) is 0 Å². The lowest BCUT2D eigenvalue weighted by Crippen LogP contribution is -2.33. The molecule has 0 aliphatic carbocycles. The average molecular weight is 290 g/mol. The molecule has 2 rings (SSSR count). The maximum absolute atomic E-state index is 12.5. The maximum Gasteiger partial charge on any atom is 0.223 e. The van der Waals surface area contributed by atoms with Gasteiger partial charge < -0.3 is 14.9 Å². The predicted molar refractivity (Wildman–Crippen MR) is 85.9 cm³/mol. The van der Waals surface area contributed by atoms with E-state index < -0.39 is 0 Å². The van der Waals surface area contributed by atoms with Crippen LogP contribution in [0, 0.1) is 0 Å². The lowest BCUT2D eigenvalue weighted by Gasteiger charge is -2.23. The molecule has 0 saturated heterocycles. The van der Waals surface area contributed by atoms with Crippen molar-refractivity contribution >= 4 is 11.6 Å². The summed E-state index contributed by atoms with van der Waals surface area (Å²) >= 11 is 0. The first-order valence-electron chi connectivity index (χ1n) is 7.88. The summed E-state index contributed by atoms with van der Waals surface area (Å²) in [6, 6.07) is 5.45. The van der Waals surface area contributed by atoms with Gasteiger partial charge in [0, 0.05) is 44.7 Å². The molecular weight excluding hydrogens is 264 g/mol. The Bertz CT molecular complexity index is 496. The van der Waals surface area contributed by atoms with E-state index in [2.05, 4.69) is 18.7 Å². The van der Waals surface area contributed by atoms with Crippen LogP contribution in [0.1, 0.15) is 44.6 Å². The van der Waals surface area contributed by atoms with Gasteiger partial charge in [0.2, 0.25) is 5.91 Å². The highest BCUT2D eigenvalue weighted by Crippen LogP contribution is 2.39. The largest absolute Gasteiger partial charge is 0.508 e. The van der Waals surface area contributed by atoms with Gasteiger partial charge in [-0.1, -0.05) is 13.8 Å². The molecule has 1 unspecified atom stereocenters. The van der Waals surface area contributed by atoms with Crippen molar-refractivity contribution < 1.29 is 9.90 Å². The molecule has 1 aliphatic rings. The van der Waals surface area contributed by atoms with Crippen LogP contribution in [0.2, 0.25) is 0 Å². The second-order valence-electron chi connectivity index (χ2n) is 5.91. The van der Waals surface area contributed by atoms with E-state index >= 15 is 0 Å². The molecule has 0 saturated carbocycles. The summed E-state index contributed by atoms with van der Waals surface area (Å²) in [4.78, 5) is 16.7. The lowest BCUT2D eigenvalue weighted by atomic mass is 9.97. The van der Waals surface area contributed by atoms with Crippen LogP contribution in [0.5, 0.6) is 5.75 Å². The Kier molecular flexibility index (Phi) is 5.10. The summed E-state index contributed by atoms with van der Waals surface area (Å²) in [7, 11) is 2.04.